The molecule has 3 heterocycles. The van der Waals surface area contributed by atoms with Gasteiger partial charge in [0.15, 0.2) is 0 Å². The lowest BCUT2D eigenvalue weighted by Crippen LogP contribution is -2.32. The van der Waals surface area contributed by atoms with E-state index in [0.29, 0.717) is 18.3 Å². The van der Waals surface area contributed by atoms with Gasteiger partial charge in [0.1, 0.15) is 30.8 Å². The van der Waals surface area contributed by atoms with E-state index in [2.05, 4.69) is 16.7 Å². The highest BCUT2D eigenvalue weighted by Gasteiger charge is 2.23. The summed E-state index contributed by atoms with van der Waals surface area (Å²) in [4.78, 5) is 9.68. The van der Waals surface area contributed by atoms with E-state index in [1.54, 1.807) is 12.1 Å². The highest BCUT2D eigenvalue weighted by atomic mass is 19.1. The van der Waals surface area contributed by atoms with Crippen LogP contribution in [0.2, 0.25) is 0 Å². The van der Waals surface area contributed by atoms with Crippen molar-refractivity contribution in [2.75, 3.05) is 39.3 Å². The predicted molar refractivity (Wildman–Crippen MR) is 138 cm³/mol. The zero-order valence-corrected chi connectivity index (χ0v) is 20.4. The van der Waals surface area contributed by atoms with Gasteiger partial charge >= 0.3 is 0 Å². The maximum Gasteiger partial charge on any atom is 0.137 e. The Kier molecular flexibility index (Phi) is 6.78. The summed E-state index contributed by atoms with van der Waals surface area (Å²) in [7, 11) is 6.20. The molecule has 0 N–H and O–H groups in total. The molecule has 0 atom stereocenters. The number of hydrogen-bond donors (Lipinski definition) is 0. The minimum absolute atomic E-state index is 0.170. The Morgan fingerprint density at radius 3 is 2.71 bits per heavy atom. The predicted octanol–water partition coefficient (Wildman–Crippen LogP) is 4.32. The van der Waals surface area contributed by atoms with E-state index >= 15 is 4.39 Å². The molecule has 1 saturated heterocycles. The number of aliphatic imine (C=N–C) groups is 1. The number of likely N-dealkylation sites (tertiary alicyclic amines) is 1. The maximum atomic E-state index is 15.1. The summed E-state index contributed by atoms with van der Waals surface area (Å²) in [6.45, 7) is 10.2. The molecule has 2 radical (unpaired) electrons. The number of halogens is 1. The van der Waals surface area contributed by atoms with Gasteiger partial charge in [0, 0.05) is 24.0 Å². The monoisotopic (exact) mass is 457 g/mol. The molecule has 1 fully saturated rings. The van der Waals surface area contributed by atoms with Crippen LogP contribution < -0.4 is 5.46 Å². The first-order chi connectivity index (χ1) is 16.5. The maximum absolute atomic E-state index is 15.1. The number of nitrogens with zero attached hydrogens (tertiary/aromatic N) is 3. The Bertz CT molecular complexity index is 1210. The first-order valence-electron chi connectivity index (χ1n) is 12.6. The molecule has 4 nitrogen and oxygen atoms in total. The van der Waals surface area contributed by atoms with Crippen molar-refractivity contribution in [3.63, 3.8) is 0 Å². The van der Waals surface area contributed by atoms with Crippen molar-refractivity contribution >= 4 is 30.1 Å². The zero-order valence-electron chi connectivity index (χ0n) is 20.4. The molecule has 6 heteroatoms. The van der Waals surface area contributed by atoms with Crippen molar-refractivity contribution in [1.29, 1.82) is 0 Å². The van der Waals surface area contributed by atoms with Gasteiger partial charge in [-0.05, 0) is 88.3 Å². The van der Waals surface area contributed by atoms with E-state index in [0.717, 1.165) is 77.4 Å². The van der Waals surface area contributed by atoms with E-state index in [1.165, 1.54) is 25.9 Å². The van der Waals surface area contributed by atoms with Crippen LogP contribution in [0.5, 0.6) is 0 Å². The van der Waals surface area contributed by atoms with E-state index in [4.69, 9.17) is 17.3 Å². The second kappa shape index (κ2) is 9.95. The van der Waals surface area contributed by atoms with Crippen molar-refractivity contribution in [2.24, 2.45) is 4.99 Å². The molecule has 0 amide bonds. The second-order valence-electron chi connectivity index (χ2n) is 9.70. The summed E-state index contributed by atoms with van der Waals surface area (Å²) in [6.07, 6.45) is 4.98. The molecule has 2 aliphatic heterocycles. The Morgan fingerprint density at radius 1 is 1.06 bits per heavy atom. The van der Waals surface area contributed by atoms with Gasteiger partial charge in [-0.15, -0.1) is 0 Å². The van der Waals surface area contributed by atoms with Crippen molar-refractivity contribution < 1.29 is 8.81 Å². The van der Waals surface area contributed by atoms with Gasteiger partial charge in [-0.2, -0.15) is 0 Å². The van der Waals surface area contributed by atoms with Crippen molar-refractivity contribution in [3.8, 4) is 0 Å². The Labute approximate surface area is 203 Å². The lowest BCUT2D eigenvalue weighted by molar-refractivity contribution is 0.313. The highest BCUT2D eigenvalue weighted by Crippen LogP contribution is 2.28. The Balaban J connectivity index is 1.35. The van der Waals surface area contributed by atoms with Crippen molar-refractivity contribution in [2.45, 2.75) is 46.0 Å². The molecule has 176 valence electrons. The standard InChI is InChI=1S/C28H33BFN3O/c1-19-20(2)34-27-21(17-22(29)18-25(19)27)9-10-23-24(7-5-8-26(23)30)28-31-11-16-33(28)15-6-14-32-12-3-4-13-32/h5,7-8,17-18H,3-4,6,9-16H2,1-2H3. The topological polar surface area (TPSA) is 32.0 Å². The molecule has 0 saturated carbocycles. The fourth-order valence-corrected chi connectivity index (χ4v) is 5.45. The molecule has 0 spiro atoms. The zero-order chi connectivity index (χ0) is 23.7. The van der Waals surface area contributed by atoms with Crippen LogP contribution in [0.4, 0.5) is 4.39 Å². The van der Waals surface area contributed by atoms with Crippen LogP contribution in [0.3, 0.4) is 0 Å². The molecule has 0 bridgehead atoms. The lowest BCUT2D eigenvalue weighted by atomic mass is 9.89. The van der Waals surface area contributed by atoms with Gasteiger partial charge in [0.05, 0.1) is 6.54 Å². The van der Waals surface area contributed by atoms with Gasteiger partial charge in [-0.3, -0.25) is 4.99 Å². The number of rotatable bonds is 8. The third kappa shape index (κ3) is 4.65. The number of hydrogen-bond acceptors (Lipinski definition) is 4. The van der Waals surface area contributed by atoms with Gasteiger partial charge in [0.25, 0.3) is 0 Å². The molecular formula is C28H33BFN3O. The summed E-state index contributed by atoms with van der Waals surface area (Å²) >= 11 is 0. The van der Waals surface area contributed by atoms with Gasteiger partial charge in [-0.25, -0.2) is 4.39 Å². The molecule has 3 aromatic rings. The molecule has 34 heavy (non-hydrogen) atoms. The normalized spacial score (nSPS) is 16.7. The number of aryl methyl sites for hydroxylation is 3. The molecule has 0 aliphatic carbocycles. The number of furan rings is 1. The van der Waals surface area contributed by atoms with Crippen LogP contribution in [0.1, 0.15) is 47.3 Å². The molecule has 2 aromatic carbocycles. The average molecular weight is 457 g/mol. The lowest BCUT2D eigenvalue weighted by Gasteiger charge is -2.24. The smallest absolute Gasteiger partial charge is 0.137 e. The van der Waals surface area contributed by atoms with Crippen molar-refractivity contribution in [3.05, 3.63) is 64.2 Å². The van der Waals surface area contributed by atoms with Crippen LogP contribution in [0, 0.1) is 19.7 Å². The van der Waals surface area contributed by atoms with E-state index in [-0.39, 0.29) is 5.82 Å². The molecule has 5 rings (SSSR count). The second-order valence-corrected chi connectivity index (χ2v) is 9.70. The van der Waals surface area contributed by atoms with Crippen LogP contribution in [0.25, 0.3) is 11.0 Å². The van der Waals surface area contributed by atoms with Gasteiger partial charge in [-0.1, -0.05) is 29.7 Å². The fraction of sp³-hybridized carbons (Fsp3) is 0.464. The summed E-state index contributed by atoms with van der Waals surface area (Å²) in [5.74, 6) is 1.67. The Morgan fingerprint density at radius 2 is 1.88 bits per heavy atom. The average Bonchev–Trinajstić information content (AvgIpc) is 3.56. The van der Waals surface area contributed by atoms with Gasteiger partial charge < -0.3 is 14.2 Å². The van der Waals surface area contributed by atoms with Crippen LogP contribution in [-0.4, -0.2) is 62.8 Å². The molecule has 2 aliphatic rings. The third-order valence-corrected chi connectivity index (χ3v) is 7.41. The largest absolute Gasteiger partial charge is 0.461 e. The first kappa shape index (κ1) is 23.2. The van der Waals surface area contributed by atoms with E-state index in [1.807, 2.05) is 25.1 Å². The summed E-state index contributed by atoms with van der Waals surface area (Å²) in [6, 6.07) is 9.30. The van der Waals surface area contributed by atoms with Crippen molar-refractivity contribution in [1.82, 2.24) is 9.80 Å². The van der Waals surface area contributed by atoms with Gasteiger partial charge in [0.2, 0.25) is 0 Å². The van der Waals surface area contributed by atoms with Crippen LogP contribution in [0.15, 0.2) is 39.7 Å². The highest BCUT2D eigenvalue weighted by molar-refractivity contribution is 6.33. The SMILES string of the molecule is [B]c1cc(CCc2c(F)cccc2C2=NCCN2CCCN2CCCC2)c2oc(C)c(C)c2c1. The number of benzene rings is 2. The summed E-state index contributed by atoms with van der Waals surface area (Å²) < 4.78 is 21.2. The molecule has 0 unspecified atom stereocenters. The van der Waals surface area contributed by atoms with E-state index < -0.39 is 0 Å². The quantitative estimate of drug-likeness (QED) is 0.473. The fourth-order valence-electron chi connectivity index (χ4n) is 5.45. The molecular weight excluding hydrogens is 424 g/mol. The Hall–Kier alpha value is -2.60. The van der Waals surface area contributed by atoms with Crippen LogP contribution >= 0.6 is 0 Å². The third-order valence-electron chi connectivity index (χ3n) is 7.41. The van der Waals surface area contributed by atoms with Crippen LogP contribution in [-0.2, 0) is 12.8 Å². The minimum atomic E-state index is -0.170. The first-order valence-corrected chi connectivity index (χ1v) is 12.6. The summed E-state index contributed by atoms with van der Waals surface area (Å²) in [5.41, 5.74) is 5.36. The van der Waals surface area contributed by atoms with E-state index in [9.17, 15) is 0 Å². The number of fused-ring (bicyclic) bond motifs is 1. The number of amidine groups is 1. The molecule has 1 aromatic heterocycles. The minimum Gasteiger partial charge on any atom is -0.461 e. The summed E-state index contributed by atoms with van der Waals surface area (Å²) in [5, 5.41) is 1.05.